The van der Waals surface area contributed by atoms with E-state index in [0.29, 0.717) is 0 Å². The monoisotopic (exact) mass is 1240 g/mol. The Morgan fingerprint density at radius 1 is 0.448 bits per heavy atom. The molecule has 2 radical (unpaired) electrons. The summed E-state index contributed by atoms with van der Waals surface area (Å²) in [5.41, 5.74) is 21.0. The summed E-state index contributed by atoms with van der Waals surface area (Å²) in [5.74, 6) is 0. The predicted octanol–water partition coefficient (Wildman–Crippen LogP) is 15.4. The molecule has 7 aromatic rings. The van der Waals surface area contributed by atoms with Gasteiger partial charge in [0.2, 0.25) is 0 Å². The molecule has 0 bridgehead atoms. The second-order valence-corrected chi connectivity index (χ2v) is 18.6. The van der Waals surface area contributed by atoms with Gasteiger partial charge in [-0.1, -0.05) is 165 Å². The van der Waals surface area contributed by atoms with E-state index in [1.54, 1.807) is 0 Å². The minimum atomic E-state index is 0. The fraction of sp³-hybridized carbons (Fsp3) is 0.231. The zero-order valence-electron chi connectivity index (χ0n) is 34.7. The Morgan fingerprint density at radius 3 is 1.09 bits per heavy atom. The molecule has 300 valence electrons. The van der Waals surface area contributed by atoms with Gasteiger partial charge in [-0.3, -0.25) is 0 Å². The molecular formula is C52H48Br2Ir2N2-2. The Balaban J connectivity index is 0.00000320. The maximum atomic E-state index is 4.71. The Bertz CT molecular complexity index is 2420. The van der Waals surface area contributed by atoms with Crippen molar-refractivity contribution in [2.45, 2.75) is 80.1 Å². The molecule has 0 unspecified atom stereocenters. The van der Waals surface area contributed by atoms with Gasteiger partial charge in [-0.25, -0.2) is 0 Å². The molecule has 58 heavy (non-hydrogen) atoms. The zero-order valence-corrected chi connectivity index (χ0v) is 42.7. The molecule has 2 nitrogen and oxygen atoms in total. The molecule has 0 saturated heterocycles. The van der Waals surface area contributed by atoms with Gasteiger partial charge >= 0.3 is 0 Å². The van der Waals surface area contributed by atoms with E-state index in [2.05, 4.69) is 210 Å². The zero-order chi connectivity index (χ0) is 40.1. The summed E-state index contributed by atoms with van der Waals surface area (Å²) in [6.07, 6.45) is 3.80. The molecule has 7 rings (SSSR count). The molecule has 2 heterocycles. The standard InChI is InChI=1S/C52H48Br2N2.2Ir/c1-31-32(2)50(44-18-14-12-16-40(44)42-22-20-36(28-46(42)54)48-30-38(24-26-56-48)52(8,9)10)34(4)33(3)49(31)43-17-13-11-15-39(43)41-21-19-35(27-45(41)53)47-29-37(23-25-55-47)51(5,6)7;;/h11-18,21-30H,1-10H3;;/q-2;;. The second-order valence-electron chi connectivity index (χ2n) is 16.9. The Kier molecular flexibility index (Phi) is 14.3. The van der Waals surface area contributed by atoms with E-state index in [9.17, 15) is 0 Å². The topological polar surface area (TPSA) is 25.8 Å². The molecule has 0 saturated carbocycles. The average molecular weight is 1250 g/mol. The number of benzene rings is 5. The van der Waals surface area contributed by atoms with Crippen LogP contribution in [0.5, 0.6) is 0 Å². The van der Waals surface area contributed by atoms with Crippen LogP contribution in [0.2, 0.25) is 0 Å². The van der Waals surface area contributed by atoms with E-state index in [1.165, 1.54) is 66.8 Å². The first-order valence-corrected chi connectivity index (χ1v) is 20.8. The summed E-state index contributed by atoms with van der Waals surface area (Å²) >= 11 is 7.92. The predicted molar refractivity (Wildman–Crippen MR) is 244 cm³/mol. The van der Waals surface area contributed by atoms with E-state index < -0.39 is 0 Å². The molecule has 0 aliphatic carbocycles. The van der Waals surface area contributed by atoms with Crippen LogP contribution in [0, 0.1) is 39.8 Å². The summed E-state index contributed by atoms with van der Waals surface area (Å²) in [6, 6.07) is 41.7. The maximum absolute atomic E-state index is 4.71. The van der Waals surface area contributed by atoms with Crippen molar-refractivity contribution >= 4 is 31.9 Å². The van der Waals surface area contributed by atoms with Gasteiger partial charge in [0, 0.05) is 52.6 Å². The van der Waals surface area contributed by atoms with Crippen LogP contribution >= 0.6 is 31.9 Å². The molecule has 2 aromatic heterocycles. The molecular weight excluding hydrogens is 1200 g/mol. The van der Waals surface area contributed by atoms with Gasteiger partial charge in [0.15, 0.2) is 0 Å². The van der Waals surface area contributed by atoms with Crippen LogP contribution in [0.15, 0.2) is 118 Å². The van der Waals surface area contributed by atoms with E-state index in [1.807, 2.05) is 12.4 Å². The van der Waals surface area contributed by atoms with E-state index in [0.717, 1.165) is 42.6 Å². The van der Waals surface area contributed by atoms with Gasteiger partial charge in [-0.2, -0.15) is 0 Å². The van der Waals surface area contributed by atoms with Crippen molar-refractivity contribution in [3.8, 4) is 67.0 Å². The van der Waals surface area contributed by atoms with Crippen molar-refractivity contribution in [3.05, 3.63) is 164 Å². The van der Waals surface area contributed by atoms with Crippen LogP contribution in [0.4, 0.5) is 0 Å². The Morgan fingerprint density at radius 2 is 0.776 bits per heavy atom. The first-order valence-electron chi connectivity index (χ1n) is 19.2. The first kappa shape index (κ1) is 45.7. The van der Waals surface area contributed by atoms with Crippen LogP contribution in [0.25, 0.3) is 67.0 Å². The van der Waals surface area contributed by atoms with Crippen LogP contribution in [-0.2, 0) is 51.0 Å². The summed E-state index contributed by atoms with van der Waals surface area (Å²) in [6.45, 7) is 22.5. The fourth-order valence-electron chi connectivity index (χ4n) is 7.72. The minimum absolute atomic E-state index is 0. The van der Waals surface area contributed by atoms with Gasteiger partial charge in [-0.15, -0.1) is 47.5 Å². The minimum Gasteiger partial charge on any atom is -0.305 e. The van der Waals surface area contributed by atoms with Crippen molar-refractivity contribution in [2.24, 2.45) is 0 Å². The second kappa shape index (κ2) is 18.1. The summed E-state index contributed by atoms with van der Waals surface area (Å²) < 4.78 is 2.03. The smallest absolute Gasteiger partial charge is 0.0163 e. The van der Waals surface area contributed by atoms with Gasteiger partial charge < -0.3 is 9.97 Å². The third kappa shape index (κ3) is 9.04. The molecule has 0 spiro atoms. The SMILES string of the molecule is Cc1c(C)c(-c2ccccc2-c2c[c-]c(-c3cc(C(C)(C)C)ccn3)cc2Br)c(C)c(C)c1-c1ccccc1-c1c[c-]c(-c2cc(C(C)(C)C)ccn2)cc1Br.[Ir].[Ir]. The quantitative estimate of drug-likeness (QED) is 0.155. The van der Waals surface area contributed by atoms with Crippen LogP contribution < -0.4 is 0 Å². The molecule has 0 aliphatic heterocycles. The van der Waals surface area contributed by atoms with Gasteiger partial charge in [0.25, 0.3) is 0 Å². The summed E-state index contributed by atoms with van der Waals surface area (Å²) in [5, 5.41) is 0. The van der Waals surface area contributed by atoms with Gasteiger partial charge in [0.1, 0.15) is 0 Å². The Hall–Kier alpha value is -3.34. The van der Waals surface area contributed by atoms with Gasteiger partial charge in [-0.05, 0) is 118 Å². The summed E-state index contributed by atoms with van der Waals surface area (Å²) in [4.78, 5) is 9.41. The van der Waals surface area contributed by atoms with Crippen molar-refractivity contribution in [2.75, 3.05) is 0 Å². The molecule has 5 aromatic carbocycles. The normalized spacial score (nSPS) is 11.5. The number of halogens is 2. The Labute approximate surface area is 389 Å². The molecule has 6 heteroatoms. The maximum Gasteiger partial charge on any atom is 0.0163 e. The molecule has 0 aliphatic rings. The molecule has 0 atom stereocenters. The van der Waals surface area contributed by atoms with E-state index >= 15 is 0 Å². The largest absolute Gasteiger partial charge is 0.305 e. The fourth-order valence-corrected chi connectivity index (χ4v) is 8.83. The number of hydrogen-bond donors (Lipinski definition) is 0. The molecule has 0 amide bonds. The first-order chi connectivity index (χ1) is 26.5. The third-order valence-electron chi connectivity index (χ3n) is 11.2. The summed E-state index contributed by atoms with van der Waals surface area (Å²) in [7, 11) is 0. The van der Waals surface area contributed by atoms with Crippen LogP contribution in [0.3, 0.4) is 0 Å². The number of rotatable bonds is 6. The number of hydrogen-bond acceptors (Lipinski definition) is 2. The number of aromatic nitrogens is 2. The van der Waals surface area contributed by atoms with Crippen LogP contribution in [0.1, 0.15) is 74.9 Å². The third-order valence-corrected chi connectivity index (χ3v) is 12.5. The van der Waals surface area contributed by atoms with Crippen molar-refractivity contribution in [1.82, 2.24) is 9.97 Å². The van der Waals surface area contributed by atoms with Crippen molar-refractivity contribution in [1.29, 1.82) is 0 Å². The average Bonchev–Trinajstić information content (AvgIpc) is 3.17. The number of pyridine rings is 2. The van der Waals surface area contributed by atoms with E-state index in [4.69, 9.17) is 9.97 Å². The molecule has 0 fully saturated rings. The van der Waals surface area contributed by atoms with E-state index in [-0.39, 0.29) is 51.0 Å². The number of nitrogens with zero attached hydrogens (tertiary/aromatic N) is 2. The van der Waals surface area contributed by atoms with Gasteiger partial charge in [0.05, 0.1) is 0 Å². The van der Waals surface area contributed by atoms with Crippen LogP contribution in [-0.4, -0.2) is 9.97 Å². The van der Waals surface area contributed by atoms with Crippen molar-refractivity contribution < 1.29 is 40.2 Å². The van der Waals surface area contributed by atoms with Crippen molar-refractivity contribution in [3.63, 3.8) is 0 Å². The molecule has 0 N–H and O–H groups in total.